The highest BCUT2D eigenvalue weighted by Gasteiger charge is 2.27. The van der Waals surface area contributed by atoms with Crippen molar-refractivity contribution >= 4 is 42.2 Å². The molecule has 0 saturated carbocycles. The highest BCUT2D eigenvalue weighted by atomic mass is 32.1. The van der Waals surface area contributed by atoms with Crippen molar-refractivity contribution in [3.05, 3.63) is 0 Å². The third-order valence-corrected chi connectivity index (χ3v) is 3.74. The Labute approximate surface area is 160 Å². The third kappa shape index (κ3) is 9.77. The Hall–Kier alpha value is -2.38. The van der Waals surface area contributed by atoms with E-state index < -0.39 is 60.4 Å². The quantitative estimate of drug-likeness (QED) is 0.149. The van der Waals surface area contributed by atoms with Gasteiger partial charge < -0.3 is 37.6 Å². The SMILES string of the molecule is CC(O)C(N)C(=O)NC(CCC(N)=O)C(=O)NCC(=O)NC(CS)C(=O)O. The minimum atomic E-state index is -1.30. The number of aliphatic hydroxyl groups is 1. The molecular formula is C14H25N5O7S. The Balaban J connectivity index is 4.83. The number of aliphatic carboxylic acids is 1. The summed E-state index contributed by atoms with van der Waals surface area (Å²) in [4.78, 5) is 57.5. The number of amides is 4. The number of nitrogens with one attached hydrogen (secondary N) is 3. The van der Waals surface area contributed by atoms with Crippen LogP contribution in [0.2, 0.25) is 0 Å². The van der Waals surface area contributed by atoms with Crippen LogP contribution in [-0.2, 0) is 24.0 Å². The summed E-state index contributed by atoms with van der Waals surface area (Å²) in [6.07, 6.45) is -1.56. The van der Waals surface area contributed by atoms with E-state index in [1.54, 1.807) is 0 Å². The monoisotopic (exact) mass is 407 g/mol. The van der Waals surface area contributed by atoms with E-state index >= 15 is 0 Å². The van der Waals surface area contributed by atoms with Gasteiger partial charge in [0.1, 0.15) is 18.1 Å². The van der Waals surface area contributed by atoms with Gasteiger partial charge in [-0.15, -0.1) is 0 Å². The van der Waals surface area contributed by atoms with Crippen molar-refractivity contribution < 1.29 is 34.2 Å². The van der Waals surface area contributed by atoms with Gasteiger partial charge in [-0.25, -0.2) is 4.79 Å². The van der Waals surface area contributed by atoms with E-state index in [9.17, 15) is 29.1 Å². The van der Waals surface area contributed by atoms with Gasteiger partial charge in [0.15, 0.2) is 0 Å². The van der Waals surface area contributed by atoms with Crippen molar-refractivity contribution in [3.8, 4) is 0 Å². The molecule has 4 atom stereocenters. The number of aliphatic hydroxyl groups excluding tert-OH is 1. The lowest BCUT2D eigenvalue weighted by molar-refractivity contribution is -0.141. The first-order valence-electron chi connectivity index (χ1n) is 7.92. The lowest BCUT2D eigenvalue weighted by Crippen LogP contribution is -2.55. The fraction of sp³-hybridized carbons (Fsp3) is 0.643. The fourth-order valence-corrected chi connectivity index (χ4v) is 2.01. The first-order chi connectivity index (χ1) is 12.5. The molecule has 0 saturated heterocycles. The van der Waals surface area contributed by atoms with Gasteiger partial charge in [-0.1, -0.05) is 0 Å². The number of carboxylic acids is 1. The largest absolute Gasteiger partial charge is 0.480 e. The van der Waals surface area contributed by atoms with E-state index in [1.165, 1.54) is 6.92 Å². The number of carboxylic acid groups (broad SMARTS) is 1. The number of hydrogen-bond acceptors (Lipinski definition) is 8. The van der Waals surface area contributed by atoms with Crippen molar-refractivity contribution in [2.75, 3.05) is 12.3 Å². The smallest absolute Gasteiger partial charge is 0.327 e. The Bertz CT molecular complexity index is 572. The number of rotatable bonds is 12. The van der Waals surface area contributed by atoms with Crippen LogP contribution in [0.15, 0.2) is 0 Å². The van der Waals surface area contributed by atoms with Crippen LogP contribution < -0.4 is 27.4 Å². The number of thiol groups is 1. The lowest BCUT2D eigenvalue weighted by atomic mass is 10.1. The van der Waals surface area contributed by atoms with Crippen molar-refractivity contribution in [2.24, 2.45) is 11.5 Å². The normalized spacial score (nSPS) is 15.0. The highest BCUT2D eigenvalue weighted by Crippen LogP contribution is 2.00. The van der Waals surface area contributed by atoms with E-state index in [2.05, 4.69) is 28.6 Å². The molecule has 154 valence electrons. The predicted molar refractivity (Wildman–Crippen MR) is 96.4 cm³/mol. The summed E-state index contributed by atoms with van der Waals surface area (Å²) < 4.78 is 0. The van der Waals surface area contributed by atoms with Crippen LogP contribution in [0.5, 0.6) is 0 Å². The second-order valence-corrected chi connectivity index (χ2v) is 6.06. The first-order valence-corrected chi connectivity index (χ1v) is 8.55. The van der Waals surface area contributed by atoms with Crippen LogP contribution in [0, 0.1) is 0 Å². The Morgan fingerprint density at radius 1 is 1.07 bits per heavy atom. The maximum absolute atomic E-state index is 12.2. The summed E-state index contributed by atoms with van der Waals surface area (Å²) in [6.45, 7) is 0.717. The average Bonchev–Trinajstić information content (AvgIpc) is 2.59. The first kappa shape index (κ1) is 24.6. The van der Waals surface area contributed by atoms with Gasteiger partial charge >= 0.3 is 5.97 Å². The molecule has 4 unspecified atom stereocenters. The molecule has 0 aromatic rings. The zero-order valence-electron chi connectivity index (χ0n) is 14.7. The average molecular weight is 407 g/mol. The van der Waals surface area contributed by atoms with Crippen LogP contribution in [0.3, 0.4) is 0 Å². The molecule has 4 amide bonds. The van der Waals surface area contributed by atoms with Gasteiger partial charge in [-0.3, -0.25) is 19.2 Å². The van der Waals surface area contributed by atoms with Crippen molar-refractivity contribution in [3.63, 3.8) is 0 Å². The second kappa shape index (κ2) is 12.1. The van der Waals surface area contributed by atoms with Gasteiger partial charge in [-0.2, -0.15) is 12.6 Å². The van der Waals surface area contributed by atoms with Gasteiger partial charge in [0.2, 0.25) is 23.6 Å². The molecule has 27 heavy (non-hydrogen) atoms. The Morgan fingerprint density at radius 2 is 1.67 bits per heavy atom. The van der Waals surface area contributed by atoms with E-state index in [-0.39, 0.29) is 18.6 Å². The topological polar surface area (TPSA) is 214 Å². The number of primary amides is 1. The minimum Gasteiger partial charge on any atom is -0.480 e. The van der Waals surface area contributed by atoms with Gasteiger partial charge in [0.05, 0.1) is 12.6 Å². The van der Waals surface area contributed by atoms with Crippen LogP contribution in [0.1, 0.15) is 19.8 Å². The molecule has 0 aromatic carbocycles. The zero-order chi connectivity index (χ0) is 21.1. The summed E-state index contributed by atoms with van der Waals surface area (Å²) in [7, 11) is 0. The zero-order valence-corrected chi connectivity index (χ0v) is 15.6. The predicted octanol–water partition coefficient (Wildman–Crippen LogP) is -3.94. The summed E-state index contributed by atoms with van der Waals surface area (Å²) in [5, 5.41) is 24.8. The van der Waals surface area contributed by atoms with Crippen molar-refractivity contribution in [2.45, 2.75) is 44.0 Å². The van der Waals surface area contributed by atoms with Crippen LogP contribution >= 0.6 is 12.6 Å². The standard InChI is InChI=1S/C14H25N5O7S/c1-6(20)11(16)13(24)19-7(2-3-9(15)21)12(23)17-4-10(22)18-8(5-27)14(25)26/h6-8,11,20,27H,2-5,16H2,1H3,(H2,15,21)(H,17,23)(H,18,22)(H,19,24)(H,25,26). The number of nitrogens with two attached hydrogens (primary N) is 2. The summed E-state index contributed by atoms with van der Waals surface area (Å²) in [5.74, 6) is -4.58. The molecule has 0 radical (unpaired) electrons. The van der Waals surface area contributed by atoms with E-state index in [0.29, 0.717) is 0 Å². The van der Waals surface area contributed by atoms with E-state index in [0.717, 1.165) is 0 Å². The van der Waals surface area contributed by atoms with Crippen molar-refractivity contribution in [1.82, 2.24) is 16.0 Å². The molecular weight excluding hydrogens is 382 g/mol. The molecule has 13 heteroatoms. The molecule has 9 N–H and O–H groups in total. The van der Waals surface area contributed by atoms with Crippen LogP contribution in [0.4, 0.5) is 0 Å². The maximum Gasteiger partial charge on any atom is 0.327 e. The second-order valence-electron chi connectivity index (χ2n) is 5.69. The molecule has 0 bridgehead atoms. The molecule has 0 heterocycles. The molecule has 0 aliphatic carbocycles. The maximum atomic E-state index is 12.2. The van der Waals surface area contributed by atoms with E-state index in [4.69, 9.17) is 16.6 Å². The van der Waals surface area contributed by atoms with Gasteiger partial charge in [0.25, 0.3) is 0 Å². The van der Waals surface area contributed by atoms with Gasteiger partial charge in [0, 0.05) is 12.2 Å². The lowest BCUT2D eigenvalue weighted by Gasteiger charge is -2.21. The Morgan fingerprint density at radius 3 is 2.11 bits per heavy atom. The highest BCUT2D eigenvalue weighted by molar-refractivity contribution is 7.80. The molecule has 0 aliphatic rings. The van der Waals surface area contributed by atoms with Crippen molar-refractivity contribution in [1.29, 1.82) is 0 Å². The number of carbonyl (C=O) groups excluding carboxylic acids is 4. The fourth-order valence-electron chi connectivity index (χ4n) is 1.76. The molecule has 12 nitrogen and oxygen atoms in total. The summed E-state index contributed by atoms with van der Waals surface area (Å²) in [5.41, 5.74) is 10.5. The third-order valence-electron chi connectivity index (χ3n) is 3.37. The molecule has 0 aliphatic heterocycles. The molecule has 0 aromatic heterocycles. The minimum absolute atomic E-state index is 0.149. The summed E-state index contributed by atoms with van der Waals surface area (Å²) in [6, 6.07) is -3.77. The molecule has 0 fully saturated rings. The molecule has 0 spiro atoms. The number of carbonyl (C=O) groups is 5. The van der Waals surface area contributed by atoms with E-state index in [1.807, 2.05) is 0 Å². The molecule has 0 rings (SSSR count). The van der Waals surface area contributed by atoms with Gasteiger partial charge in [-0.05, 0) is 13.3 Å². The van der Waals surface area contributed by atoms with Crippen LogP contribution in [-0.4, -0.2) is 76.3 Å². The van der Waals surface area contributed by atoms with Crippen LogP contribution in [0.25, 0.3) is 0 Å². The summed E-state index contributed by atoms with van der Waals surface area (Å²) >= 11 is 3.78. The Kier molecular flexibility index (Phi) is 11.0. The number of hydrogen-bond donors (Lipinski definition) is 8.